The summed E-state index contributed by atoms with van der Waals surface area (Å²) in [6, 6.07) is 12.7. The number of halogens is 1. The van der Waals surface area contributed by atoms with Crippen LogP contribution >= 0.6 is 0 Å². The first-order valence-electron chi connectivity index (χ1n) is 6.45. The van der Waals surface area contributed by atoms with E-state index in [1.54, 1.807) is 0 Å². The Morgan fingerprint density at radius 2 is 1.79 bits per heavy atom. The Kier molecular flexibility index (Phi) is 4.05. The van der Waals surface area contributed by atoms with Crippen molar-refractivity contribution in [3.05, 3.63) is 59.4 Å². The minimum atomic E-state index is -0.205. The predicted molar refractivity (Wildman–Crippen MR) is 78.7 cm³/mol. The summed E-state index contributed by atoms with van der Waals surface area (Å²) in [5, 5.41) is 0. The van der Waals surface area contributed by atoms with Gasteiger partial charge in [0.05, 0.1) is 0 Å². The highest BCUT2D eigenvalue weighted by Crippen LogP contribution is 2.19. The van der Waals surface area contributed by atoms with Crippen LogP contribution < -0.4 is 10.6 Å². The zero-order valence-corrected chi connectivity index (χ0v) is 11.4. The quantitative estimate of drug-likeness (QED) is 0.846. The van der Waals surface area contributed by atoms with E-state index in [0.29, 0.717) is 0 Å². The predicted octanol–water partition coefficient (Wildman–Crippen LogP) is 3.74. The monoisotopic (exact) mass is 258 g/mol. The van der Waals surface area contributed by atoms with Gasteiger partial charge < -0.3 is 10.6 Å². The van der Waals surface area contributed by atoms with Crippen LogP contribution in [0, 0.1) is 12.7 Å². The molecule has 0 amide bonds. The van der Waals surface area contributed by atoms with Crippen LogP contribution in [0.15, 0.2) is 42.5 Å². The van der Waals surface area contributed by atoms with E-state index < -0.39 is 0 Å². The van der Waals surface area contributed by atoms with Crippen LogP contribution in [0.5, 0.6) is 0 Å². The lowest BCUT2D eigenvalue weighted by molar-refractivity contribution is 0.627. The standard InChI is InChI=1S/C16H19FN2/c1-3-19(15-7-5-14(17)6-8-15)11-13-4-9-16(18)12(2)10-13/h4-10H,3,11,18H2,1-2H3. The first kappa shape index (κ1) is 13.4. The summed E-state index contributed by atoms with van der Waals surface area (Å²) in [4.78, 5) is 2.20. The molecule has 2 aromatic rings. The van der Waals surface area contributed by atoms with Crippen molar-refractivity contribution in [2.75, 3.05) is 17.2 Å². The van der Waals surface area contributed by atoms with Crippen molar-refractivity contribution in [1.29, 1.82) is 0 Å². The van der Waals surface area contributed by atoms with E-state index in [9.17, 15) is 4.39 Å². The van der Waals surface area contributed by atoms with E-state index in [0.717, 1.165) is 30.0 Å². The van der Waals surface area contributed by atoms with E-state index in [-0.39, 0.29) is 5.82 Å². The van der Waals surface area contributed by atoms with Crippen molar-refractivity contribution in [1.82, 2.24) is 0 Å². The van der Waals surface area contributed by atoms with Gasteiger partial charge in [-0.25, -0.2) is 4.39 Å². The van der Waals surface area contributed by atoms with E-state index in [4.69, 9.17) is 5.73 Å². The SMILES string of the molecule is CCN(Cc1ccc(N)c(C)c1)c1ccc(F)cc1. The van der Waals surface area contributed by atoms with Crippen LogP contribution in [0.1, 0.15) is 18.1 Å². The molecule has 0 atom stereocenters. The lowest BCUT2D eigenvalue weighted by atomic mass is 10.1. The molecule has 0 aliphatic rings. The molecule has 0 fully saturated rings. The minimum absolute atomic E-state index is 0.205. The largest absolute Gasteiger partial charge is 0.399 e. The topological polar surface area (TPSA) is 29.3 Å². The number of anilines is 2. The summed E-state index contributed by atoms with van der Waals surface area (Å²) < 4.78 is 12.9. The van der Waals surface area contributed by atoms with Crippen molar-refractivity contribution in [3.8, 4) is 0 Å². The van der Waals surface area contributed by atoms with Gasteiger partial charge in [0.1, 0.15) is 5.82 Å². The number of benzene rings is 2. The third-order valence-corrected chi connectivity index (χ3v) is 3.28. The van der Waals surface area contributed by atoms with Crippen LogP contribution in [-0.2, 0) is 6.54 Å². The van der Waals surface area contributed by atoms with Crippen LogP contribution in [0.25, 0.3) is 0 Å². The zero-order chi connectivity index (χ0) is 13.8. The van der Waals surface area contributed by atoms with Crippen LogP contribution in [0.4, 0.5) is 15.8 Å². The molecule has 0 aliphatic heterocycles. The molecule has 0 aliphatic carbocycles. The molecule has 0 saturated carbocycles. The molecule has 2 rings (SSSR count). The van der Waals surface area contributed by atoms with E-state index in [1.165, 1.54) is 17.7 Å². The van der Waals surface area contributed by atoms with E-state index >= 15 is 0 Å². The average Bonchev–Trinajstić information content (AvgIpc) is 2.41. The Labute approximate surface area is 113 Å². The van der Waals surface area contributed by atoms with Gasteiger partial charge in [-0.3, -0.25) is 0 Å². The molecular formula is C16H19FN2. The van der Waals surface area contributed by atoms with Gasteiger partial charge in [0.15, 0.2) is 0 Å². The van der Waals surface area contributed by atoms with Gasteiger partial charge in [0.2, 0.25) is 0 Å². The first-order chi connectivity index (χ1) is 9.10. The third kappa shape index (κ3) is 3.25. The maximum Gasteiger partial charge on any atom is 0.123 e. The van der Waals surface area contributed by atoms with Gasteiger partial charge >= 0.3 is 0 Å². The second-order valence-electron chi connectivity index (χ2n) is 4.68. The number of rotatable bonds is 4. The van der Waals surface area contributed by atoms with Crippen molar-refractivity contribution < 1.29 is 4.39 Å². The molecule has 2 aromatic carbocycles. The molecular weight excluding hydrogens is 239 g/mol. The highest BCUT2D eigenvalue weighted by Gasteiger charge is 2.06. The molecule has 0 bridgehead atoms. The molecule has 2 nitrogen and oxygen atoms in total. The molecule has 3 heteroatoms. The van der Waals surface area contributed by atoms with Gasteiger partial charge in [0.25, 0.3) is 0 Å². The summed E-state index contributed by atoms with van der Waals surface area (Å²) in [5.41, 5.74) is 9.96. The number of nitrogens with two attached hydrogens (primary N) is 1. The molecule has 2 N–H and O–H groups in total. The average molecular weight is 258 g/mol. The summed E-state index contributed by atoms with van der Waals surface area (Å²) in [6.07, 6.45) is 0. The summed E-state index contributed by atoms with van der Waals surface area (Å²) in [5.74, 6) is -0.205. The molecule has 0 unspecified atom stereocenters. The Morgan fingerprint density at radius 3 is 2.37 bits per heavy atom. The number of nitrogen functional groups attached to an aromatic ring is 1. The molecule has 0 heterocycles. The molecule has 0 spiro atoms. The van der Waals surface area contributed by atoms with Crippen molar-refractivity contribution in [3.63, 3.8) is 0 Å². The fourth-order valence-corrected chi connectivity index (χ4v) is 2.09. The Hall–Kier alpha value is -2.03. The van der Waals surface area contributed by atoms with E-state index in [1.807, 2.05) is 31.2 Å². The molecule has 19 heavy (non-hydrogen) atoms. The number of hydrogen-bond acceptors (Lipinski definition) is 2. The lowest BCUT2D eigenvalue weighted by Crippen LogP contribution is -2.22. The highest BCUT2D eigenvalue weighted by molar-refractivity contribution is 5.50. The summed E-state index contributed by atoms with van der Waals surface area (Å²) in [7, 11) is 0. The number of nitrogens with zero attached hydrogens (tertiary/aromatic N) is 1. The zero-order valence-electron chi connectivity index (χ0n) is 11.4. The van der Waals surface area contributed by atoms with Crippen molar-refractivity contribution in [2.24, 2.45) is 0 Å². The van der Waals surface area contributed by atoms with Gasteiger partial charge in [-0.2, -0.15) is 0 Å². The van der Waals surface area contributed by atoms with Gasteiger partial charge in [-0.1, -0.05) is 12.1 Å². The summed E-state index contributed by atoms with van der Waals surface area (Å²) >= 11 is 0. The van der Waals surface area contributed by atoms with Gasteiger partial charge in [-0.15, -0.1) is 0 Å². The molecule has 0 aromatic heterocycles. The maximum atomic E-state index is 12.9. The maximum absolute atomic E-state index is 12.9. The second kappa shape index (κ2) is 5.74. The second-order valence-corrected chi connectivity index (χ2v) is 4.68. The van der Waals surface area contributed by atoms with Gasteiger partial charge in [0, 0.05) is 24.5 Å². The lowest BCUT2D eigenvalue weighted by Gasteiger charge is -2.23. The Bertz CT molecular complexity index is 549. The highest BCUT2D eigenvalue weighted by atomic mass is 19.1. The van der Waals surface area contributed by atoms with Gasteiger partial charge in [-0.05, 0) is 55.3 Å². The third-order valence-electron chi connectivity index (χ3n) is 3.28. The van der Waals surface area contributed by atoms with Crippen LogP contribution in [0.2, 0.25) is 0 Å². The van der Waals surface area contributed by atoms with Crippen LogP contribution in [-0.4, -0.2) is 6.54 Å². The van der Waals surface area contributed by atoms with Crippen molar-refractivity contribution >= 4 is 11.4 Å². The Balaban J connectivity index is 2.18. The normalized spacial score (nSPS) is 10.5. The number of aryl methyl sites for hydroxylation is 1. The fourth-order valence-electron chi connectivity index (χ4n) is 2.09. The first-order valence-corrected chi connectivity index (χ1v) is 6.45. The molecule has 0 saturated heterocycles. The molecule has 0 radical (unpaired) electrons. The smallest absolute Gasteiger partial charge is 0.123 e. The number of hydrogen-bond donors (Lipinski definition) is 1. The Morgan fingerprint density at radius 1 is 1.11 bits per heavy atom. The van der Waals surface area contributed by atoms with E-state index in [2.05, 4.69) is 17.9 Å². The molecule has 100 valence electrons. The fraction of sp³-hybridized carbons (Fsp3) is 0.250. The van der Waals surface area contributed by atoms with Crippen LogP contribution in [0.3, 0.4) is 0 Å². The minimum Gasteiger partial charge on any atom is -0.399 e. The summed E-state index contributed by atoms with van der Waals surface area (Å²) in [6.45, 7) is 5.76. The van der Waals surface area contributed by atoms with Crippen molar-refractivity contribution in [2.45, 2.75) is 20.4 Å².